The molecule has 0 aromatic rings. The molecular formula is C16H35BN2O3. The number of nitrogens with zero attached hydrogens (tertiary/aromatic N) is 1. The monoisotopic (exact) mass is 314 g/mol. The lowest BCUT2D eigenvalue weighted by Gasteiger charge is -2.34. The van der Waals surface area contributed by atoms with E-state index in [1.54, 1.807) is 6.92 Å². The van der Waals surface area contributed by atoms with Gasteiger partial charge in [0, 0.05) is 18.0 Å². The summed E-state index contributed by atoms with van der Waals surface area (Å²) in [6, 6.07) is 0. The van der Waals surface area contributed by atoms with Crippen LogP contribution in [-0.4, -0.2) is 54.2 Å². The zero-order valence-electron chi connectivity index (χ0n) is 15.2. The molecule has 0 saturated heterocycles. The van der Waals surface area contributed by atoms with Crippen molar-refractivity contribution in [3.05, 3.63) is 0 Å². The van der Waals surface area contributed by atoms with Crippen LogP contribution in [0.4, 0.5) is 0 Å². The molecular weight excluding hydrogens is 279 g/mol. The Bertz CT molecular complexity index is 317. The Morgan fingerprint density at radius 3 is 2.14 bits per heavy atom. The van der Waals surface area contributed by atoms with Crippen molar-refractivity contribution in [3.8, 4) is 0 Å². The minimum absolute atomic E-state index is 0.114. The summed E-state index contributed by atoms with van der Waals surface area (Å²) in [5.74, 6) is 0.996. The van der Waals surface area contributed by atoms with Gasteiger partial charge in [0.2, 0.25) is 5.91 Å². The van der Waals surface area contributed by atoms with Gasteiger partial charge in [0.1, 0.15) is 0 Å². The van der Waals surface area contributed by atoms with Gasteiger partial charge in [0.05, 0.1) is 0 Å². The van der Waals surface area contributed by atoms with Crippen molar-refractivity contribution in [2.45, 2.75) is 65.2 Å². The second-order valence-electron chi connectivity index (χ2n) is 7.54. The summed E-state index contributed by atoms with van der Waals surface area (Å²) < 4.78 is 0. The Morgan fingerprint density at radius 2 is 1.73 bits per heavy atom. The SMILES string of the molecule is CCB(O)O.CN(C)CC1CCCCC1C(=O)NC(C)(C)C. The summed E-state index contributed by atoms with van der Waals surface area (Å²) in [5, 5.41) is 19.0. The van der Waals surface area contributed by atoms with E-state index in [0.29, 0.717) is 12.2 Å². The van der Waals surface area contributed by atoms with E-state index in [2.05, 4.69) is 45.1 Å². The number of hydrogen-bond donors (Lipinski definition) is 3. The van der Waals surface area contributed by atoms with Crippen molar-refractivity contribution in [1.82, 2.24) is 10.2 Å². The highest BCUT2D eigenvalue weighted by Gasteiger charge is 2.32. The van der Waals surface area contributed by atoms with E-state index >= 15 is 0 Å². The van der Waals surface area contributed by atoms with Crippen LogP contribution in [0.5, 0.6) is 0 Å². The van der Waals surface area contributed by atoms with Crippen molar-refractivity contribution >= 4 is 13.0 Å². The lowest BCUT2D eigenvalue weighted by Crippen LogP contribution is -2.47. The molecule has 0 radical (unpaired) electrons. The van der Waals surface area contributed by atoms with Crippen molar-refractivity contribution in [2.75, 3.05) is 20.6 Å². The Labute approximate surface area is 136 Å². The number of nitrogens with one attached hydrogen (secondary N) is 1. The number of carbonyl (C=O) groups excluding carboxylic acids is 1. The molecule has 2 unspecified atom stereocenters. The van der Waals surface area contributed by atoms with Crippen LogP contribution in [0.15, 0.2) is 0 Å². The van der Waals surface area contributed by atoms with Gasteiger partial charge in [-0.2, -0.15) is 0 Å². The fraction of sp³-hybridized carbons (Fsp3) is 0.938. The molecule has 0 aliphatic heterocycles. The largest absolute Gasteiger partial charge is 0.451 e. The van der Waals surface area contributed by atoms with E-state index in [9.17, 15) is 4.79 Å². The van der Waals surface area contributed by atoms with Crippen LogP contribution in [0.1, 0.15) is 53.4 Å². The van der Waals surface area contributed by atoms with Crippen LogP contribution < -0.4 is 5.32 Å². The minimum Gasteiger partial charge on any atom is -0.427 e. The molecule has 0 aromatic heterocycles. The molecule has 5 nitrogen and oxygen atoms in total. The van der Waals surface area contributed by atoms with E-state index in [-0.39, 0.29) is 17.4 Å². The molecule has 6 heteroatoms. The highest BCUT2D eigenvalue weighted by molar-refractivity contribution is 6.40. The predicted octanol–water partition coefficient (Wildman–Crippen LogP) is 1.75. The Morgan fingerprint density at radius 1 is 1.23 bits per heavy atom. The van der Waals surface area contributed by atoms with Gasteiger partial charge in [-0.3, -0.25) is 4.79 Å². The highest BCUT2D eigenvalue weighted by Crippen LogP contribution is 2.31. The molecule has 1 saturated carbocycles. The van der Waals surface area contributed by atoms with Crippen molar-refractivity contribution in [2.24, 2.45) is 11.8 Å². The quantitative estimate of drug-likeness (QED) is 0.691. The number of rotatable bonds is 4. The van der Waals surface area contributed by atoms with Crippen molar-refractivity contribution in [3.63, 3.8) is 0 Å². The Balaban J connectivity index is 0.000000763. The molecule has 0 spiro atoms. The highest BCUT2D eigenvalue weighted by atomic mass is 16.4. The van der Waals surface area contributed by atoms with Gasteiger partial charge in [-0.25, -0.2) is 0 Å². The average molecular weight is 314 g/mol. The second-order valence-corrected chi connectivity index (χ2v) is 7.54. The topological polar surface area (TPSA) is 72.8 Å². The summed E-state index contributed by atoms with van der Waals surface area (Å²) in [6.07, 6.45) is 5.14. The predicted molar refractivity (Wildman–Crippen MR) is 92.6 cm³/mol. The fourth-order valence-corrected chi connectivity index (χ4v) is 2.70. The van der Waals surface area contributed by atoms with Gasteiger partial charge in [-0.15, -0.1) is 0 Å². The lowest BCUT2D eigenvalue weighted by atomic mass is 9.78. The molecule has 130 valence electrons. The van der Waals surface area contributed by atoms with E-state index in [1.807, 2.05) is 0 Å². The van der Waals surface area contributed by atoms with Crippen LogP contribution in [-0.2, 0) is 4.79 Å². The minimum atomic E-state index is -1.12. The molecule has 1 amide bonds. The van der Waals surface area contributed by atoms with Gasteiger partial charge < -0.3 is 20.3 Å². The summed E-state index contributed by atoms with van der Waals surface area (Å²) in [5.41, 5.74) is -0.114. The van der Waals surface area contributed by atoms with E-state index < -0.39 is 7.12 Å². The first kappa shape index (κ1) is 21.4. The molecule has 0 bridgehead atoms. The summed E-state index contributed by atoms with van der Waals surface area (Å²) >= 11 is 0. The molecule has 1 aliphatic carbocycles. The van der Waals surface area contributed by atoms with Gasteiger partial charge in [-0.1, -0.05) is 19.8 Å². The Hall–Kier alpha value is -0.585. The van der Waals surface area contributed by atoms with Crippen LogP contribution in [0.25, 0.3) is 0 Å². The van der Waals surface area contributed by atoms with Gasteiger partial charge >= 0.3 is 7.12 Å². The maximum atomic E-state index is 12.3. The normalized spacial score (nSPS) is 21.9. The first-order valence-corrected chi connectivity index (χ1v) is 8.39. The van der Waals surface area contributed by atoms with Crippen LogP contribution in [0.2, 0.25) is 6.32 Å². The molecule has 3 N–H and O–H groups in total. The number of hydrogen-bond acceptors (Lipinski definition) is 4. The summed E-state index contributed by atoms with van der Waals surface area (Å²) in [7, 11) is 3.07. The molecule has 2 atom stereocenters. The first-order chi connectivity index (χ1) is 10.1. The standard InChI is InChI=1S/C14H28N2O.C2H7BO2/c1-14(2,3)15-13(17)12-9-7-6-8-11(12)10-16(4)5;1-2-3(4)5/h11-12H,6-10H2,1-5H3,(H,15,17);4-5H,2H2,1H3. The molecule has 1 rings (SSSR count). The molecule has 0 heterocycles. The van der Waals surface area contributed by atoms with Gasteiger partial charge in [0.15, 0.2) is 0 Å². The number of carbonyl (C=O) groups is 1. The number of amides is 1. The Kier molecular flexibility index (Phi) is 9.97. The second kappa shape index (κ2) is 10.2. The molecule has 22 heavy (non-hydrogen) atoms. The summed E-state index contributed by atoms with van der Waals surface area (Å²) in [4.78, 5) is 14.5. The zero-order valence-corrected chi connectivity index (χ0v) is 15.2. The third-order valence-electron chi connectivity index (χ3n) is 3.71. The van der Waals surface area contributed by atoms with Crippen LogP contribution >= 0.6 is 0 Å². The van der Waals surface area contributed by atoms with E-state index in [1.165, 1.54) is 19.3 Å². The average Bonchev–Trinajstić information content (AvgIpc) is 2.37. The maximum absolute atomic E-state index is 12.3. The molecule has 1 aliphatic rings. The third kappa shape index (κ3) is 10.2. The maximum Gasteiger partial charge on any atom is 0.451 e. The van der Waals surface area contributed by atoms with Gasteiger partial charge in [-0.05, 0) is 59.9 Å². The third-order valence-corrected chi connectivity index (χ3v) is 3.71. The summed E-state index contributed by atoms with van der Waals surface area (Å²) in [6.45, 7) is 8.88. The van der Waals surface area contributed by atoms with E-state index in [0.717, 1.165) is 13.0 Å². The van der Waals surface area contributed by atoms with Gasteiger partial charge in [0.25, 0.3) is 0 Å². The first-order valence-electron chi connectivity index (χ1n) is 8.39. The smallest absolute Gasteiger partial charge is 0.427 e. The van der Waals surface area contributed by atoms with Crippen molar-refractivity contribution in [1.29, 1.82) is 0 Å². The van der Waals surface area contributed by atoms with Crippen molar-refractivity contribution < 1.29 is 14.8 Å². The van der Waals surface area contributed by atoms with Crippen LogP contribution in [0.3, 0.4) is 0 Å². The zero-order chi connectivity index (χ0) is 17.3. The molecule has 0 aromatic carbocycles. The lowest BCUT2D eigenvalue weighted by molar-refractivity contribution is -0.129. The van der Waals surface area contributed by atoms with Crippen LogP contribution in [0, 0.1) is 11.8 Å². The van der Waals surface area contributed by atoms with E-state index in [4.69, 9.17) is 10.0 Å². The molecule has 1 fully saturated rings. The fourth-order valence-electron chi connectivity index (χ4n) is 2.70.